The summed E-state index contributed by atoms with van der Waals surface area (Å²) >= 11 is 11.8. The lowest BCUT2D eigenvalue weighted by atomic mass is 10.3. The van der Waals surface area contributed by atoms with Crippen molar-refractivity contribution in [3.8, 4) is 6.07 Å². The van der Waals surface area contributed by atoms with Gasteiger partial charge in [0.15, 0.2) is 0 Å². The van der Waals surface area contributed by atoms with E-state index in [9.17, 15) is 0 Å². The minimum atomic E-state index is 0.347. The topological polar surface area (TPSA) is 48.7 Å². The molecule has 17 heavy (non-hydrogen) atoms. The van der Waals surface area contributed by atoms with Crippen LogP contribution in [-0.4, -0.2) is 4.98 Å². The maximum absolute atomic E-state index is 8.74. The Kier molecular flexibility index (Phi) is 3.48. The van der Waals surface area contributed by atoms with E-state index < -0.39 is 0 Å². The second-order valence-corrected chi connectivity index (χ2v) is 4.13. The Bertz CT molecular complexity index is 591. The third kappa shape index (κ3) is 2.88. The van der Waals surface area contributed by atoms with Crippen LogP contribution in [-0.2, 0) is 0 Å². The number of nitrogens with one attached hydrogen (secondary N) is 1. The average molecular weight is 264 g/mol. The molecular formula is C12H7Cl2N3. The van der Waals surface area contributed by atoms with Crippen LogP contribution in [0.1, 0.15) is 5.69 Å². The molecule has 2 rings (SSSR count). The summed E-state index contributed by atoms with van der Waals surface area (Å²) in [6.45, 7) is 0. The van der Waals surface area contributed by atoms with Gasteiger partial charge in [-0.25, -0.2) is 4.98 Å². The monoisotopic (exact) mass is 263 g/mol. The molecule has 3 nitrogen and oxygen atoms in total. The molecule has 0 amide bonds. The summed E-state index contributed by atoms with van der Waals surface area (Å²) in [5.74, 6) is 0. The zero-order chi connectivity index (χ0) is 12.3. The van der Waals surface area contributed by atoms with Crippen LogP contribution >= 0.6 is 23.2 Å². The number of aromatic nitrogens is 1. The van der Waals surface area contributed by atoms with Gasteiger partial charge in [0.05, 0.1) is 10.7 Å². The average Bonchev–Trinajstić information content (AvgIpc) is 2.33. The van der Waals surface area contributed by atoms with Crippen molar-refractivity contribution in [2.24, 2.45) is 0 Å². The van der Waals surface area contributed by atoms with E-state index in [4.69, 9.17) is 28.5 Å². The first-order valence-electron chi connectivity index (χ1n) is 4.77. The standard InChI is InChI=1S/C12H7Cl2N3/c13-8-1-2-12(11(14)5-8)17-9-3-4-16-10(6-9)7-15/h1-6H,(H,16,17). The number of nitrogens with zero attached hydrogens (tertiary/aromatic N) is 2. The number of rotatable bonds is 2. The molecule has 5 heteroatoms. The Morgan fingerprint density at radius 2 is 2.00 bits per heavy atom. The van der Waals surface area contributed by atoms with Gasteiger partial charge in [-0.1, -0.05) is 23.2 Å². The number of halogens is 2. The molecule has 0 atom stereocenters. The van der Waals surface area contributed by atoms with E-state index in [1.165, 1.54) is 0 Å². The van der Waals surface area contributed by atoms with Gasteiger partial charge >= 0.3 is 0 Å². The van der Waals surface area contributed by atoms with Crippen molar-refractivity contribution in [2.45, 2.75) is 0 Å². The van der Waals surface area contributed by atoms with Gasteiger partial charge < -0.3 is 5.32 Å². The Hall–Kier alpha value is -1.76. The predicted octanol–water partition coefficient (Wildman–Crippen LogP) is 4.00. The molecule has 0 bridgehead atoms. The number of hydrogen-bond acceptors (Lipinski definition) is 3. The minimum Gasteiger partial charge on any atom is -0.354 e. The molecule has 2 aromatic rings. The van der Waals surface area contributed by atoms with E-state index in [1.807, 2.05) is 6.07 Å². The van der Waals surface area contributed by atoms with Crippen molar-refractivity contribution in [1.82, 2.24) is 4.98 Å². The molecule has 0 spiro atoms. The SMILES string of the molecule is N#Cc1cc(Nc2ccc(Cl)cc2Cl)ccn1. The molecule has 0 aliphatic rings. The van der Waals surface area contributed by atoms with Crippen molar-refractivity contribution in [2.75, 3.05) is 5.32 Å². The molecule has 0 saturated carbocycles. The normalized spacial score (nSPS) is 9.71. The summed E-state index contributed by atoms with van der Waals surface area (Å²) in [6.07, 6.45) is 1.56. The van der Waals surface area contributed by atoms with E-state index in [0.29, 0.717) is 15.7 Å². The highest BCUT2D eigenvalue weighted by Crippen LogP contribution is 2.28. The lowest BCUT2D eigenvalue weighted by Gasteiger charge is -2.08. The van der Waals surface area contributed by atoms with Crippen LogP contribution in [0, 0.1) is 11.3 Å². The minimum absolute atomic E-state index is 0.347. The smallest absolute Gasteiger partial charge is 0.142 e. The number of anilines is 2. The molecule has 1 N–H and O–H groups in total. The van der Waals surface area contributed by atoms with E-state index in [0.717, 1.165) is 11.4 Å². The Morgan fingerprint density at radius 3 is 2.71 bits per heavy atom. The summed E-state index contributed by atoms with van der Waals surface area (Å²) in [7, 11) is 0. The van der Waals surface area contributed by atoms with Crippen LogP contribution in [0.4, 0.5) is 11.4 Å². The largest absolute Gasteiger partial charge is 0.354 e. The summed E-state index contributed by atoms with van der Waals surface area (Å²) in [6, 6.07) is 10.5. The Balaban J connectivity index is 2.28. The lowest BCUT2D eigenvalue weighted by Crippen LogP contribution is -1.92. The molecule has 1 aromatic carbocycles. The van der Waals surface area contributed by atoms with Crippen LogP contribution in [0.2, 0.25) is 10.0 Å². The van der Waals surface area contributed by atoms with Gasteiger partial charge in [0.1, 0.15) is 11.8 Å². The molecule has 1 aromatic heterocycles. The van der Waals surface area contributed by atoms with Gasteiger partial charge in [-0.3, -0.25) is 0 Å². The molecule has 0 unspecified atom stereocenters. The van der Waals surface area contributed by atoms with Gasteiger partial charge in [-0.05, 0) is 30.3 Å². The maximum atomic E-state index is 8.74. The van der Waals surface area contributed by atoms with Crippen molar-refractivity contribution in [1.29, 1.82) is 5.26 Å². The van der Waals surface area contributed by atoms with Gasteiger partial charge in [0.2, 0.25) is 0 Å². The van der Waals surface area contributed by atoms with Gasteiger partial charge in [0.25, 0.3) is 0 Å². The first-order valence-corrected chi connectivity index (χ1v) is 5.53. The number of pyridine rings is 1. The molecule has 84 valence electrons. The fraction of sp³-hybridized carbons (Fsp3) is 0. The van der Waals surface area contributed by atoms with E-state index in [2.05, 4.69) is 10.3 Å². The fourth-order valence-corrected chi connectivity index (χ4v) is 1.77. The summed E-state index contributed by atoms with van der Waals surface area (Å²) in [4.78, 5) is 3.88. The highest BCUT2D eigenvalue weighted by molar-refractivity contribution is 6.36. The highest BCUT2D eigenvalue weighted by atomic mass is 35.5. The third-order valence-corrected chi connectivity index (χ3v) is 2.63. The molecule has 0 radical (unpaired) electrons. The van der Waals surface area contributed by atoms with E-state index >= 15 is 0 Å². The number of nitriles is 1. The van der Waals surface area contributed by atoms with Crippen LogP contribution in [0.5, 0.6) is 0 Å². The van der Waals surface area contributed by atoms with Gasteiger partial charge in [-0.15, -0.1) is 0 Å². The number of benzene rings is 1. The fourth-order valence-electron chi connectivity index (χ4n) is 1.32. The molecule has 0 saturated heterocycles. The maximum Gasteiger partial charge on any atom is 0.142 e. The quantitative estimate of drug-likeness (QED) is 0.891. The van der Waals surface area contributed by atoms with Crippen molar-refractivity contribution >= 4 is 34.6 Å². The van der Waals surface area contributed by atoms with Crippen LogP contribution in [0.3, 0.4) is 0 Å². The van der Waals surface area contributed by atoms with Gasteiger partial charge in [0, 0.05) is 16.9 Å². The molecule has 1 heterocycles. The first-order chi connectivity index (χ1) is 8.19. The van der Waals surface area contributed by atoms with E-state index in [-0.39, 0.29) is 0 Å². The second kappa shape index (κ2) is 5.05. The summed E-state index contributed by atoms with van der Waals surface area (Å²) in [5, 5.41) is 12.9. The van der Waals surface area contributed by atoms with Crippen molar-refractivity contribution < 1.29 is 0 Å². The van der Waals surface area contributed by atoms with Crippen molar-refractivity contribution in [3.05, 3.63) is 52.3 Å². The zero-order valence-corrected chi connectivity index (χ0v) is 10.1. The van der Waals surface area contributed by atoms with E-state index in [1.54, 1.807) is 36.5 Å². The molecular weight excluding hydrogens is 257 g/mol. The lowest BCUT2D eigenvalue weighted by molar-refractivity contribution is 1.26. The van der Waals surface area contributed by atoms with Crippen LogP contribution < -0.4 is 5.32 Å². The molecule has 0 fully saturated rings. The third-order valence-electron chi connectivity index (χ3n) is 2.08. The predicted molar refractivity (Wildman–Crippen MR) is 68.7 cm³/mol. The Morgan fingerprint density at radius 1 is 1.18 bits per heavy atom. The molecule has 0 aliphatic heterocycles. The number of hydrogen-bond donors (Lipinski definition) is 1. The van der Waals surface area contributed by atoms with Crippen LogP contribution in [0.15, 0.2) is 36.5 Å². The zero-order valence-electron chi connectivity index (χ0n) is 8.61. The summed E-state index contributed by atoms with van der Waals surface area (Å²) in [5.41, 5.74) is 1.83. The molecule has 0 aliphatic carbocycles. The first kappa shape index (κ1) is 11.7. The summed E-state index contributed by atoms with van der Waals surface area (Å²) < 4.78 is 0. The highest BCUT2D eigenvalue weighted by Gasteiger charge is 2.02. The second-order valence-electron chi connectivity index (χ2n) is 3.29. The van der Waals surface area contributed by atoms with Crippen molar-refractivity contribution in [3.63, 3.8) is 0 Å². The van der Waals surface area contributed by atoms with Gasteiger partial charge in [-0.2, -0.15) is 5.26 Å². The Labute approximate surface area is 109 Å². The van der Waals surface area contributed by atoms with Crippen LogP contribution in [0.25, 0.3) is 0 Å².